The highest BCUT2D eigenvalue weighted by molar-refractivity contribution is 5.70. The molecule has 0 amide bonds. The first-order chi connectivity index (χ1) is 5.38. The lowest BCUT2D eigenvalue weighted by Crippen LogP contribution is -2.40. The molecule has 0 unspecified atom stereocenters. The van der Waals surface area contributed by atoms with Crippen molar-refractivity contribution in [2.75, 3.05) is 20.4 Å². The molecule has 72 valence electrons. The van der Waals surface area contributed by atoms with Crippen molar-refractivity contribution in [3.63, 3.8) is 0 Å². The van der Waals surface area contributed by atoms with Gasteiger partial charge in [-0.1, -0.05) is 0 Å². The van der Waals surface area contributed by atoms with Gasteiger partial charge in [-0.3, -0.25) is 4.90 Å². The standard InChI is InChI=1S/C8H17NO3/c1-8(2,3)9(4)6-12-7(11)5-10/h10H,5-6H2,1-4H3. The van der Waals surface area contributed by atoms with Gasteiger partial charge in [0.1, 0.15) is 13.3 Å². The molecule has 0 bridgehead atoms. The van der Waals surface area contributed by atoms with Crippen molar-refractivity contribution < 1.29 is 14.6 Å². The molecule has 0 aliphatic heterocycles. The Labute approximate surface area is 73.1 Å². The van der Waals surface area contributed by atoms with E-state index in [1.54, 1.807) is 0 Å². The molecule has 0 atom stereocenters. The van der Waals surface area contributed by atoms with E-state index in [2.05, 4.69) is 0 Å². The van der Waals surface area contributed by atoms with E-state index in [1.165, 1.54) is 0 Å². The van der Waals surface area contributed by atoms with Crippen molar-refractivity contribution >= 4 is 5.97 Å². The largest absolute Gasteiger partial charge is 0.448 e. The highest BCUT2D eigenvalue weighted by Crippen LogP contribution is 2.09. The molecule has 0 saturated heterocycles. The summed E-state index contributed by atoms with van der Waals surface area (Å²) in [5, 5.41) is 8.36. The van der Waals surface area contributed by atoms with Gasteiger partial charge < -0.3 is 9.84 Å². The average molecular weight is 175 g/mol. The first-order valence-electron chi connectivity index (χ1n) is 3.85. The van der Waals surface area contributed by atoms with E-state index in [0.29, 0.717) is 0 Å². The van der Waals surface area contributed by atoms with Crippen LogP contribution in [0, 0.1) is 0 Å². The minimum absolute atomic E-state index is 0.0320. The molecule has 4 heteroatoms. The summed E-state index contributed by atoms with van der Waals surface area (Å²) in [5.74, 6) is -0.592. The Kier molecular flexibility index (Phi) is 4.20. The summed E-state index contributed by atoms with van der Waals surface area (Å²) in [6, 6.07) is 0. The van der Waals surface area contributed by atoms with Crippen LogP contribution in [0.4, 0.5) is 0 Å². The number of aliphatic hydroxyl groups is 1. The number of aliphatic hydroxyl groups excluding tert-OH is 1. The third-order valence-electron chi connectivity index (χ3n) is 1.69. The van der Waals surface area contributed by atoms with Crippen LogP contribution in [0.5, 0.6) is 0 Å². The fourth-order valence-electron chi connectivity index (χ4n) is 0.408. The van der Waals surface area contributed by atoms with Crippen molar-refractivity contribution in [1.29, 1.82) is 0 Å². The highest BCUT2D eigenvalue weighted by atomic mass is 16.6. The molecule has 0 fully saturated rings. The van der Waals surface area contributed by atoms with E-state index in [0.717, 1.165) is 0 Å². The number of ether oxygens (including phenoxy) is 1. The van der Waals surface area contributed by atoms with Crippen molar-refractivity contribution in [2.45, 2.75) is 26.3 Å². The molecular formula is C8H17NO3. The summed E-state index contributed by atoms with van der Waals surface area (Å²) in [5.41, 5.74) is -0.0320. The van der Waals surface area contributed by atoms with E-state index < -0.39 is 12.6 Å². The van der Waals surface area contributed by atoms with Crippen LogP contribution in [-0.2, 0) is 9.53 Å². The fourth-order valence-corrected chi connectivity index (χ4v) is 0.408. The van der Waals surface area contributed by atoms with Gasteiger partial charge in [0.2, 0.25) is 0 Å². The molecule has 0 spiro atoms. The van der Waals surface area contributed by atoms with Gasteiger partial charge in [0.15, 0.2) is 0 Å². The zero-order chi connectivity index (χ0) is 9.78. The molecular weight excluding hydrogens is 158 g/mol. The molecule has 0 rings (SSSR count). The topological polar surface area (TPSA) is 49.8 Å². The summed E-state index contributed by atoms with van der Waals surface area (Å²) in [6.07, 6.45) is 0. The SMILES string of the molecule is CN(COC(=O)CO)C(C)(C)C. The van der Waals surface area contributed by atoms with Crippen molar-refractivity contribution in [1.82, 2.24) is 4.90 Å². The summed E-state index contributed by atoms with van der Waals surface area (Å²) < 4.78 is 4.72. The Hall–Kier alpha value is -0.610. The van der Waals surface area contributed by atoms with Gasteiger partial charge in [-0.15, -0.1) is 0 Å². The maximum Gasteiger partial charge on any atom is 0.333 e. The molecule has 0 radical (unpaired) electrons. The minimum atomic E-state index is -0.592. The molecule has 0 aromatic rings. The first-order valence-corrected chi connectivity index (χ1v) is 3.85. The number of carbonyl (C=O) groups excluding carboxylic acids is 1. The number of nitrogens with zero attached hydrogens (tertiary/aromatic N) is 1. The van der Waals surface area contributed by atoms with E-state index >= 15 is 0 Å². The smallest absolute Gasteiger partial charge is 0.333 e. The number of esters is 1. The Bertz CT molecular complexity index is 151. The lowest BCUT2D eigenvalue weighted by molar-refractivity contribution is -0.153. The van der Waals surface area contributed by atoms with Crippen molar-refractivity contribution in [3.05, 3.63) is 0 Å². The van der Waals surface area contributed by atoms with Crippen LogP contribution in [0.2, 0.25) is 0 Å². The second-order valence-corrected chi connectivity index (χ2v) is 3.67. The Morgan fingerprint density at radius 2 is 2.00 bits per heavy atom. The summed E-state index contributed by atoms with van der Waals surface area (Å²) >= 11 is 0. The van der Waals surface area contributed by atoms with Gasteiger partial charge in [-0.25, -0.2) is 4.79 Å². The molecule has 4 nitrogen and oxygen atoms in total. The predicted molar refractivity (Wildman–Crippen MR) is 45.6 cm³/mol. The van der Waals surface area contributed by atoms with Gasteiger partial charge in [-0.2, -0.15) is 0 Å². The molecule has 0 aliphatic rings. The van der Waals surface area contributed by atoms with Crippen LogP contribution in [0.25, 0.3) is 0 Å². The summed E-state index contributed by atoms with van der Waals surface area (Å²) in [6.45, 7) is 5.69. The predicted octanol–water partition coefficient (Wildman–Crippen LogP) is 0.210. The summed E-state index contributed by atoms with van der Waals surface area (Å²) in [7, 11) is 1.85. The van der Waals surface area contributed by atoms with Gasteiger partial charge in [0.05, 0.1) is 0 Å². The minimum Gasteiger partial charge on any atom is -0.448 e. The van der Waals surface area contributed by atoms with Crippen LogP contribution in [0.3, 0.4) is 0 Å². The molecule has 0 aliphatic carbocycles. The normalized spacial score (nSPS) is 11.8. The number of hydrogen-bond donors (Lipinski definition) is 1. The van der Waals surface area contributed by atoms with E-state index in [9.17, 15) is 4.79 Å². The van der Waals surface area contributed by atoms with Crippen LogP contribution < -0.4 is 0 Å². The highest BCUT2D eigenvalue weighted by Gasteiger charge is 2.17. The van der Waals surface area contributed by atoms with Crippen molar-refractivity contribution in [3.8, 4) is 0 Å². The van der Waals surface area contributed by atoms with E-state index in [4.69, 9.17) is 9.84 Å². The van der Waals surface area contributed by atoms with Gasteiger partial charge in [0.25, 0.3) is 0 Å². The van der Waals surface area contributed by atoms with Crippen LogP contribution in [0.15, 0.2) is 0 Å². The number of hydrogen-bond acceptors (Lipinski definition) is 4. The third kappa shape index (κ3) is 4.31. The molecule has 0 saturated carbocycles. The monoisotopic (exact) mass is 175 g/mol. The Morgan fingerprint density at radius 1 is 1.50 bits per heavy atom. The molecule has 12 heavy (non-hydrogen) atoms. The third-order valence-corrected chi connectivity index (χ3v) is 1.69. The first kappa shape index (κ1) is 11.4. The second-order valence-electron chi connectivity index (χ2n) is 3.67. The lowest BCUT2D eigenvalue weighted by Gasteiger charge is -2.30. The molecule has 1 N–H and O–H groups in total. The lowest BCUT2D eigenvalue weighted by atomic mass is 10.1. The van der Waals surface area contributed by atoms with E-state index in [-0.39, 0.29) is 12.3 Å². The molecule has 0 heterocycles. The Balaban J connectivity index is 3.72. The average Bonchev–Trinajstić information content (AvgIpc) is 1.97. The molecule has 0 aromatic carbocycles. The second kappa shape index (κ2) is 4.42. The van der Waals surface area contributed by atoms with Crippen LogP contribution in [0.1, 0.15) is 20.8 Å². The van der Waals surface area contributed by atoms with Crippen molar-refractivity contribution in [2.24, 2.45) is 0 Å². The zero-order valence-corrected chi connectivity index (χ0v) is 8.13. The van der Waals surface area contributed by atoms with Crippen LogP contribution in [-0.4, -0.2) is 41.9 Å². The van der Waals surface area contributed by atoms with Gasteiger partial charge in [-0.05, 0) is 27.8 Å². The maximum absolute atomic E-state index is 10.5. The number of rotatable bonds is 3. The fraction of sp³-hybridized carbons (Fsp3) is 0.875. The number of carbonyl (C=O) groups is 1. The quantitative estimate of drug-likeness (QED) is 0.492. The maximum atomic E-state index is 10.5. The zero-order valence-electron chi connectivity index (χ0n) is 8.13. The Morgan fingerprint density at radius 3 is 2.33 bits per heavy atom. The van der Waals surface area contributed by atoms with Gasteiger partial charge in [0, 0.05) is 5.54 Å². The van der Waals surface area contributed by atoms with Crippen LogP contribution >= 0.6 is 0 Å². The van der Waals surface area contributed by atoms with Gasteiger partial charge >= 0.3 is 5.97 Å². The summed E-state index contributed by atoms with van der Waals surface area (Å²) in [4.78, 5) is 12.4. The van der Waals surface area contributed by atoms with E-state index in [1.807, 2.05) is 32.7 Å². The molecule has 0 aromatic heterocycles.